The standard InChI is InChI=1S/C11H15FN2O2S.ClH/c1-8-2-3-10(12)11(6-8)17(15,16)14-9-4-5-13-7-9;/h2-3,6,9,13-14H,4-5,7H2,1H3;1H. The number of hydrogen-bond donors (Lipinski definition) is 2. The number of sulfonamides is 1. The van der Waals surface area contributed by atoms with Crippen molar-refractivity contribution in [3.05, 3.63) is 29.6 Å². The van der Waals surface area contributed by atoms with Gasteiger partial charge in [0, 0.05) is 12.6 Å². The largest absolute Gasteiger partial charge is 0.315 e. The van der Waals surface area contributed by atoms with Gasteiger partial charge in [-0.05, 0) is 37.6 Å². The average molecular weight is 295 g/mol. The number of rotatable bonds is 3. The van der Waals surface area contributed by atoms with E-state index in [0.717, 1.165) is 18.5 Å². The summed E-state index contributed by atoms with van der Waals surface area (Å²) >= 11 is 0. The lowest BCUT2D eigenvalue weighted by Gasteiger charge is -2.12. The predicted molar refractivity (Wildman–Crippen MR) is 70.0 cm³/mol. The van der Waals surface area contributed by atoms with Crippen molar-refractivity contribution in [2.24, 2.45) is 0 Å². The van der Waals surface area contributed by atoms with Gasteiger partial charge in [-0.1, -0.05) is 6.07 Å². The van der Waals surface area contributed by atoms with Gasteiger partial charge in [-0.2, -0.15) is 0 Å². The zero-order valence-electron chi connectivity index (χ0n) is 9.94. The molecule has 0 aliphatic carbocycles. The van der Waals surface area contributed by atoms with E-state index >= 15 is 0 Å². The second kappa shape index (κ2) is 5.97. The maximum absolute atomic E-state index is 13.5. The molecule has 7 heteroatoms. The van der Waals surface area contributed by atoms with E-state index < -0.39 is 15.8 Å². The maximum atomic E-state index is 13.5. The lowest BCUT2D eigenvalue weighted by molar-refractivity contribution is 0.542. The number of nitrogens with one attached hydrogen (secondary N) is 2. The molecule has 2 N–H and O–H groups in total. The monoisotopic (exact) mass is 294 g/mol. The molecule has 1 fully saturated rings. The molecule has 18 heavy (non-hydrogen) atoms. The number of benzene rings is 1. The van der Waals surface area contributed by atoms with E-state index in [4.69, 9.17) is 0 Å². The summed E-state index contributed by atoms with van der Waals surface area (Å²) in [5, 5.41) is 3.05. The van der Waals surface area contributed by atoms with E-state index in [1.54, 1.807) is 13.0 Å². The zero-order valence-corrected chi connectivity index (χ0v) is 11.6. The molecule has 0 radical (unpaired) electrons. The van der Waals surface area contributed by atoms with Gasteiger partial charge < -0.3 is 5.32 Å². The maximum Gasteiger partial charge on any atom is 0.243 e. The van der Waals surface area contributed by atoms with Crippen LogP contribution in [0.25, 0.3) is 0 Å². The fourth-order valence-electron chi connectivity index (χ4n) is 1.85. The molecule has 0 aromatic heterocycles. The number of halogens is 2. The minimum absolute atomic E-state index is 0. The van der Waals surface area contributed by atoms with Crippen LogP contribution in [0.15, 0.2) is 23.1 Å². The molecule has 1 aliphatic rings. The fourth-order valence-corrected chi connectivity index (χ4v) is 3.29. The first-order valence-corrected chi connectivity index (χ1v) is 6.96. The Bertz CT molecular complexity index is 516. The van der Waals surface area contributed by atoms with E-state index in [0.29, 0.717) is 6.54 Å². The van der Waals surface area contributed by atoms with Crippen molar-refractivity contribution < 1.29 is 12.8 Å². The van der Waals surface area contributed by atoms with Crippen molar-refractivity contribution in [3.63, 3.8) is 0 Å². The molecule has 4 nitrogen and oxygen atoms in total. The minimum Gasteiger partial charge on any atom is -0.315 e. The van der Waals surface area contributed by atoms with Crippen molar-refractivity contribution in [2.45, 2.75) is 24.3 Å². The second-order valence-electron chi connectivity index (χ2n) is 4.24. The van der Waals surface area contributed by atoms with Crippen molar-refractivity contribution in [1.29, 1.82) is 0 Å². The third-order valence-corrected chi connectivity index (χ3v) is 4.29. The number of hydrogen-bond acceptors (Lipinski definition) is 3. The predicted octanol–water partition coefficient (Wildman–Crippen LogP) is 1.20. The Kier molecular flexibility index (Phi) is 5.10. The van der Waals surface area contributed by atoms with Crippen LogP contribution in [0.3, 0.4) is 0 Å². The summed E-state index contributed by atoms with van der Waals surface area (Å²) in [5.74, 6) is -0.714. The van der Waals surface area contributed by atoms with Gasteiger partial charge in [0.1, 0.15) is 10.7 Å². The molecular weight excluding hydrogens is 279 g/mol. The Hall–Kier alpha value is -0.690. The van der Waals surface area contributed by atoms with Crippen LogP contribution >= 0.6 is 12.4 Å². The quantitative estimate of drug-likeness (QED) is 0.881. The van der Waals surface area contributed by atoms with Crippen molar-refractivity contribution in [2.75, 3.05) is 13.1 Å². The first-order valence-electron chi connectivity index (χ1n) is 5.48. The zero-order chi connectivity index (χ0) is 12.5. The molecule has 0 saturated carbocycles. The summed E-state index contributed by atoms with van der Waals surface area (Å²) in [4.78, 5) is -0.274. The highest BCUT2D eigenvalue weighted by atomic mass is 35.5. The Labute approximate surface area is 112 Å². The van der Waals surface area contributed by atoms with Gasteiger partial charge >= 0.3 is 0 Å². The Morgan fingerprint density at radius 1 is 1.44 bits per heavy atom. The molecule has 1 heterocycles. The summed E-state index contributed by atoms with van der Waals surface area (Å²) in [5.41, 5.74) is 0.719. The molecule has 1 aromatic rings. The first-order chi connectivity index (χ1) is 7.99. The highest BCUT2D eigenvalue weighted by Gasteiger charge is 2.25. The molecule has 1 unspecified atom stereocenters. The van der Waals surface area contributed by atoms with Crippen LogP contribution in [-0.2, 0) is 10.0 Å². The summed E-state index contributed by atoms with van der Waals surface area (Å²) in [6.07, 6.45) is 0.729. The van der Waals surface area contributed by atoms with E-state index in [-0.39, 0.29) is 23.3 Å². The summed E-state index contributed by atoms with van der Waals surface area (Å²) < 4.78 is 40.0. The smallest absolute Gasteiger partial charge is 0.243 e. The molecule has 2 rings (SSSR count). The third-order valence-electron chi connectivity index (χ3n) is 2.76. The van der Waals surface area contributed by atoms with E-state index in [1.165, 1.54) is 12.1 Å². The third kappa shape index (κ3) is 3.41. The van der Waals surface area contributed by atoms with Gasteiger partial charge in [0.05, 0.1) is 0 Å². The normalized spacial score (nSPS) is 19.6. The second-order valence-corrected chi connectivity index (χ2v) is 5.93. The van der Waals surface area contributed by atoms with Crippen LogP contribution in [0, 0.1) is 12.7 Å². The molecule has 0 spiro atoms. The van der Waals surface area contributed by atoms with Gasteiger partial charge in [0.2, 0.25) is 10.0 Å². The van der Waals surface area contributed by atoms with Crippen LogP contribution in [-0.4, -0.2) is 27.5 Å². The molecule has 1 atom stereocenters. The Morgan fingerprint density at radius 3 is 2.78 bits per heavy atom. The number of aryl methyl sites for hydroxylation is 1. The average Bonchev–Trinajstić information content (AvgIpc) is 2.73. The Morgan fingerprint density at radius 2 is 2.17 bits per heavy atom. The van der Waals surface area contributed by atoms with Gasteiger partial charge in [0.15, 0.2) is 0 Å². The van der Waals surface area contributed by atoms with E-state index in [1.807, 2.05) is 0 Å². The van der Waals surface area contributed by atoms with Crippen LogP contribution in [0.1, 0.15) is 12.0 Å². The topological polar surface area (TPSA) is 58.2 Å². The van der Waals surface area contributed by atoms with Crippen LogP contribution in [0.2, 0.25) is 0 Å². The van der Waals surface area contributed by atoms with Crippen LogP contribution in [0.4, 0.5) is 4.39 Å². The van der Waals surface area contributed by atoms with Crippen LogP contribution < -0.4 is 10.0 Å². The molecule has 1 aromatic carbocycles. The summed E-state index contributed by atoms with van der Waals surface area (Å²) in [6.45, 7) is 3.10. The van der Waals surface area contributed by atoms with Crippen molar-refractivity contribution in [1.82, 2.24) is 10.0 Å². The minimum atomic E-state index is -3.76. The van der Waals surface area contributed by atoms with Gasteiger partial charge in [-0.25, -0.2) is 17.5 Å². The highest BCUT2D eigenvalue weighted by Crippen LogP contribution is 2.17. The summed E-state index contributed by atoms with van der Waals surface area (Å²) in [6, 6.07) is 3.92. The molecule has 102 valence electrons. The lowest BCUT2D eigenvalue weighted by Crippen LogP contribution is -2.36. The van der Waals surface area contributed by atoms with Crippen LogP contribution in [0.5, 0.6) is 0 Å². The van der Waals surface area contributed by atoms with Crippen molar-refractivity contribution in [3.8, 4) is 0 Å². The van der Waals surface area contributed by atoms with E-state index in [9.17, 15) is 12.8 Å². The molecule has 1 aliphatic heterocycles. The SMILES string of the molecule is Cc1ccc(F)c(S(=O)(=O)NC2CCNC2)c1.Cl. The first kappa shape index (κ1) is 15.4. The fraction of sp³-hybridized carbons (Fsp3) is 0.455. The summed E-state index contributed by atoms with van der Waals surface area (Å²) in [7, 11) is -3.76. The van der Waals surface area contributed by atoms with Gasteiger partial charge in [-0.15, -0.1) is 12.4 Å². The molecular formula is C11H16ClFN2O2S. The van der Waals surface area contributed by atoms with E-state index in [2.05, 4.69) is 10.0 Å². The lowest BCUT2D eigenvalue weighted by atomic mass is 10.2. The molecule has 0 amide bonds. The molecule has 0 bridgehead atoms. The van der Waals surface area contributed by atoms with Gasteiger partial charge in [-0.3, -0.25) is 0 Å². The molecule has 1 saturated heterocycles. The van der Waals surface area contributed by atoms with Crippen molar-refractivity contribution >= 4 is 22.4 Å². The van der Waals surface area contributed by atoms with Gasteiger partial charge in [0.25, 0.3) is 0 Å². The highest BCUT2D eigenvalue weighted by molar-refractivity contribution is 7.89. The Balaban J connectivity index is 0.00000162.